The maximum Gasteiger partial charge on any atom is 0.252 e. The van der Waals surface area contributed by atoms with E-state index in [9.17, 15) is 4.79 Å². The van der Waals surface area contributed by atoms with E-state index in [2.05, 4.69) is 28.3 Å². The van der Waals surface area contributed by atoms with E-state index in [-0.39, 0.29) is 5.91 Å². The van der Waals surface area contributed by atoms with Crippen LogP contribution in [0.25, 0.3) is 10.9 Å². The van der Waals surface area contributed by atoms with Gasteiger partial charge in [0.05, 0.1) is 18.2 Å². The molecule has 6 nitrogen and oxygen atoms in total. The Morgan fingerprint density at radius 2 is 2.03 bits per heavy atom. The van der Waals surface area contributed by atoms with E-state index in [0.717, 1.165) is 59.3 Å². The number of aryl methyl sites for hydroxylation is 1. The number of ether oxygens (including phenoxy) is 2. The maximum absolute atomic E-state index is 13.5. The average molecular weight is 460 g/mol. The smallest absolute Gasteiger partial charge is 0.252 e. The number of carbonyl (C=O) groups is 1. The van der Waals surface area contributed by atoms with E-state index in [1.807, 2.05) is 43.3 Å². The summed E-state index contributed by atoms with van der Waals surface area (Å²) in [4.78, 5) is 20.4. The number of aromatic nitrogens is 1. The van der Waals surface area contributed by atoms with E-state index < -0.39 is 5.54 Å². The Kier molecular flexibility index (Phi) is 6.17. The minimum Gasteiger partial charge on any atom is -0.497 e. The molecule has 1 saturated heterocycles. The van der Waals surface area contributed by atoms with Gasteiger partial charge in [-0.25, -0.2) is 0 Å². The zero-order valence-corrected chi connectivity index (χ0v) is 20.3. The summed E-state index contributed by atoms with van der Waals surface area (Å²) in [5.74, 6) is 1.42. The minimum absolute atomic E-state index is 0.0740. The summed E-state index contributed by atoms with van der Waals surface area (Å²) in [6.07, 6.45) is 7.21. The standard InChI is InChI=1S/C28H33N3O3/c1-19-9-10-21(34-18-20-7-4-5-14-31(20)2)15-24(19)27(32)30-28(11-12-28)25-16-22(33-3)17-26-23(25)8-6-13-29-26/h6,8-10,13,15-17,20H,4-5,7,11-12,14,18H2,1-3H3,(H,30,32). The quantitative estimate of drug-likeness (QED) is 0.548. The Bertz CT molecular complexity index is 1200. The molecular weight excluding hydrogens is 426 g/mol. The first-order chi connectivity index (χ1) is 16.5. The molecule has 34 heavy (non-hydrogen) atoms. The number of nitrogens with one attached hydrogen (secondary N) is 1. The highest BCUT2D eigenvalue weighted by molar-refractivity contribution is 5.97. The Hall–Kier alpha value is -3.12. The van der Waals surface area contributed by atoms with Gasteiger partial charge in [0.25, 0.3) is 5.91 Å². The molecule has 2 aromatic carbocycles. The van der Waals surface area contributed by atoms with Gasteiger partial charge in [0, 0.05) is 29.3 Å². The lowest BCUT2D eigenvalue weighted by atomic mass is 9.97. The highest BCUT2D eigenvalue weighted by Gasteiger charge is 2.47. The van der Waals surface area contributed by atoms with Gasteiger partial charge in [0.2, 0.25) is 0 Å². The summed E-state index contributed by atoms with van der Waals surface area (Å²) in [5.41, 5.74) is 3.13. The summed E-state index contributed by atoms with van der Waals surface area (Å²) in [7, 11) is 3.82. The number of benzene rings is 2. The fourth-order valence-corrected chi connectivity index (χ4v) is 5.02. The van der Waals surface area contributed by atoms with Gasteiger partial charge >= 0.3 is 0 Å². The van der Waals surface area contributed by atoms with Crippen molar-refractivity contribution in [2.24, 2.45) is 0 Å². The third kappa shape index (κ3) is 4.47. The van der Waals surface area contributed by atoms with Gasteiger partial charge in [-0.1, -0.05) is 18.6 Å². The number of carbonyl (C=O) groups excluding carboxylic acids is 1. The number of methoxy groups -OCH3 is 1. The fraction of sp³-hybridized carbons (Fsp3) is 0.429. The zero-order valence-electron chi connectivity index (χ0n) is 20.3. The summed E-state index contributed by atoms with van der Waals surface area (Å²) >= 11 is 0. The van der Waals surface area contributed by atoms with Gasteiger partial charge in [0.1, 0.15) is 18.1 Å². The lowest BCUT2D eigenvalue weighted by Gasteiger charge is -2.32. The average Bonchev–Trinajstić information content (AvgIpc) is 3.63. The van der Waals surface area contributed by atoms with Crippen molar-refractivity contribution in [3.05, 3.63) is 65.4 Å². The number of hydrogen-bond donors (Lipinski definition) is 1. The number of fused-ring (bicyclic) bond motifs is 1. The highest BCUT2D eigenvalue weighted by atomic mass is 16.5. The molecule has 1 unspecified atom stereocenters. The SMILES string of the molecule is COc1cc(C2(NC(=O)c3cc(OCC4CCCCN4C)ccc3C)CC2)c2cccnc2c1. The molecule has 1 amide bonds. The van der Waals surface area contributed by atoms with E-state index in [1.54, 1.807) is 13.3 Å². The molecule has 2 aliphatic rings. The van der Waals surface area contributed by atoms with Gasteiger partial charge in [0.15, 0.2) is 0 Å². The molecule has 2 fully saturated rings. The fourth-order valence-electron chi connectivity index (χ4n) is 5.02. The van der Waals surface area contributed by atoms with E-state index in [4.69, 9.17) is 9.47 Å². The second-order valence-electron chi connectivity index (χ2n) is 9.70. The van der Waals surface area contributed by atoms with Gasteiger partial charge in [-0.2, -0.15) is 0 Å². The van der Waals surface area contributed by atoms with Crippen LogP contribution in [0.3, 0.4) is 0 Å². The lowest BCUT2D eigenvalue weighted by molar-refractivity contribution is 0.0929. The van der Waals surface area contributed by atoms with Crippen molar-refractivity contribution in [3.8, 4) is 11.5 Å². The molecule has 2 heterocycles. The van der Waals surface area contributed by atoms with Gasteiger partial charge in [-0.05, 0) is 81.6 Å². The van der Waals surface area contributed by atoms with Gasteiger partial charge in [-0.3, -0.25) is 9.78 Å². The predicted molar refractivity (Wildman–Crippen MR) is 134 cm³/mol. The molecule has 1 N–H and O–H groups in total. The molecule has 1 atom stereocenters. The van der Waals surface area contributed by atoms with Gasteiger partial charge in [-0.15, -0.1) is 0 Å². The second kappa shape index (κ2) is 9.26. The molecule has 0 bridgehead atoms. The largest absolute Gasteiger partial charge is 0.497 e. The lowest BCUT2D eigenvalue weighted by Crippen LogP contribution is -2.40. The number of nitrogens with zero attached hydrogens (tertiary/aromatic N) is 2. The number of likely N-dealkylation sites (tertiary alicyclic amines) is 1. The van der Waals surface area contributed by atoms with Crippen LogP contribution in [0.5, 0.6) is 11.5 Å². The predicted octanol–water partition coefficient (Wildman–Crippen LogP) is 4.83. The van der Waals surface area contributed by atoms with Crippen molar-refractivity contribution >= 4 is 16.8 Å². The van der Waals surface area contributed by atoms with Crippen molar-refractivity contribution in [1.82, 2.24) is 15.2 Å². The monoisotopic (exact) mass is 459 g/mol. The van der Waals surface area contributed by atoms with Crippen LogP contribution in [0, 0.1) is 6.92 Å². The van der Waals surface area contributed by atoms with Crippen molar-refractivity contribution in [2.45, 2.75) is 50.6 Å². The maximum atomic E-state index is 13.5. The number of rotatable bonds is 7. The normalized spacial score (nSPS) is 19.6. The molecule has 3 aromatic rings. The van der Waals surface area contributed by atoms with Crippen LogP contribution in [0.1, 0.15) is 53.6 Å². The van der Waals surface area contributed by atoms with Crippen molar-refractivity contribution < 1.29 is 14.3 Å². The Labute approximate surface area is 201 Å². The van der Waals surface area contributed by atoms with Crippen LogP contribution in [0.2, 0.25) is 0 Å². The van der Waals surface area contributed by atoms with Gasteiger partial charge < -0.3 is 19.7 Å². The summed E-state index contributed by atoms with van der Waals surface area (Å²) < 4.78 is 11.7. The number of likely N-dealkylation sites (N-methyl/N-ethyl adjacent to an activating group) is 1. The minimum atomic E-state index is -0.402. The van der Waals surface area contributed by atoms with Crippen LogP contribution >= 0.6 is 0 Å². The van der Waals surface area contributed by atoms with E-state index in [1.165, 1.54) is 12.8 Å². The Balaban J connectivity index is 1.36. The summed E-state index contributed by atoms with van der Waals surface area (Å²) in [6.45, 7) is 3.73. The molecule has 1 aliphatic carbocycles. The van der Waals surface area contributed by atoms with Crippen LogP contribution in [-0.4, -0.2) is 49.1 Å². The Morgan fingerprint density at radius 3 is 2.79 bits per heavy atom. The molecule has 0 spiro atoms. The first-order valence-corrected chi connectivity index (χ1v) is 12.2. The van der Waals surface area contributed by atoms with Crippen LogP contribution < -0.4 is 14.8 Å². The molecule has 5 rings (SSSR count). The molecule has 178 valence electrons. The number of piperidine rings is 1. The van der Waals surface area contributed by atoms with E-state index >= 15 is 0 Å². The van der Waals surface area contributed by atoms with Crippen molar-refractivity contribution in [3.63, 3.8) is 0 Å². The second-order valence-corrected chi connectivity index (χ2v) is 9.70. The molecular formula is C28H33N3O3. The summed E-state index contributed by atoms with van der Waals surface area (Å²) in [6, 6.07) is 14.2. The number of amides is 1. The van der Waals surface area contributed by atoms with Crippen molar-refractivity contribution in [1.29, 1.82) is 0 Å². The topological polar surface area (TPSA) is 63.7 Å². The third-order valence-electron chi connectivity index (χ3n) is 7.37. The molecule has 1 saturated carbocycles. The third-order valence-corrected chi connectivity index (χ3v) is 7.37. The van der Waals surface area contributed by atoms with Crippen LogP contribution in [0.4, 0.5) is 0 Å². The van der Waals surface area contributed by atoms with Crippen molar-refractivity contribution in [2.75, 3.05) is 27.3 Å². The zero-order chi connectivity index (χ0) is 23.7. The number of hydrogen-bond acceptors (Lipinski definition) is 5. The van der Waals surface area contributed by atoms with Crippen LogP contribution in [0.15, 0.2) is 48.7 Å². The first kappa shape index (κ1) is 22.7. The van der Waals surface area contributed by atoms with E-state index in [0.29, 0.717) is 18.2 Å². The molecule has 1 aromatic heterocycles. The molecule has 6 heteroatoms. The van der Waals surface area contributed by atoms with Crippen LogP contribution in [-0.2, 0) is 5.54 Å². The number of pyridine rings is 1. The first-order valence-electron chi connectivity index (χ1n) is 12.2. The summed E-state index contributed by atoms with van der Waals surface area (Å²) in [5, 5.41) is 4.39. The molecule has 1 aliphatic heterocycles. The highest BCUT2D eigenvalue weighted by Crippen LogP contribution is 2.49. The molecule has 0 radical (unpaired) electrons. The Morgan fingerprint density at radius 1 is 1.18 bits per heavy atom.